The summed E-state index contributed by atoms with van der Waals surface area (Å²) >= 11 is 1.22. The van der Waals surface area contributed by atoms with Crippen LogP contribution in [0, 0.1) is 11.3 Å². The van der Waals surface area contributed by atoms with Crippen LogP contribution in [-0.4, -0.2) is 18.6 Å². The van der Waals surface area contributed by atoms with Crippen molar-refractivity contribution in [3.63, 3.8) is 0 Å². The molecule has 0 amide bonds. The maximum Gasteiger partial charge on any atom is 0.350 e. The van der Waals surface area contributed by atoms with E-state index in [2.05, 4.69) is 11.4 Å². The van der Waals surface area contributed by atoms with Gasteiger partial charge >= 0.3 is 5.97 Å². The maximum atomic E-state index is 11.8. The molecule has 108 valence electrons. The van der Waals surface area contributed by atoms with Gasteiger partial charge in [0, 0.05) is 6.04 Å². The van der Waals surface area contributed by atoms with Gasteiger partial charge in [0.2, 0.25) is 0 Å². The van der Waals surface area contributed by atoms with E-state index in [4.69, 9.17) is 10.5 Å². The first-order chi connectivity index (χ1) is 9.67. The molecular weight excluding hydrogens is 274 g/mol. The van der Waals surface area contributed by atoms with Gasteiger partial charge in [-0.3, -0.25) is 0 Å². The normalized spacial score (nSPS) is 15.6. The topological polar surface area (TPSA) is 88.1 Å². The number of carbonyl (C=O) groups excluding carboxylic acids is 1. The van der Waals surface area contributed by atoms with Crippen molar-refractivity contribution in [3.8, 4) is 6.07 Å². The summed E-state index contributed by atoms with van der Waals surface area (Å²) in [6, 6.07) is 2.45. The van der Waals surface area contributed by atoms with Gasteiger partial charge in [-0.15, -0.1) is 11.3 Å². The summed E-state index contributed by atoms with van der Waals surface area (Å²) in [6.45, 7) is 2.04. The van der Waals surface area contributed by atoms with Gasteiger partial charge in [0.1, 0.15) is 21.5 Å². The summed E-state index contributed by atoms with van der Waals surface area (Å²) in [7, 11) is 0. The van der Waals surface area contributed by atoms with Crippen molar-refractivity contribution < 1.29 is 9.53 Å². The number of nitrogens with two attached hydrogens (primary N) is 1. The van der Waals surface area contributed by atoms with Crippen LogP contribution in [0.25, 0.3) is 0 Å². The van der Waals surface area contributed by atoms with Crippen LogP contribution >= 0.6 is 11.3 Å². The van der Waals surface area contributed by atoms with Crippen molar-refractivity contribution in [2.24, 2.45) is 0 Å². The van der Waals surface area contributed by atoms with Crippen molar-refractivity contribution in [1.29, 1.82) is 5.26 Å². The molecule has 1 aromatic rings. The Morgan fingerprint density at radius 1 is 1.50 bits per heavy atom. The van der Waals surface area contributed by atoms with Crippen molar-refractivity contribution in [1.82, 2.24) is 0 Å². The first kappa shape index (κ1) is 14.7. The first-order valence-electron chi connectivity index (χ1n) is 6.93. The largest absolute Gasteiger partial charge is 0.462 e. The molecule has 1 fully saturated rings. The number of hydrogen-bond donors (Lipinski definition) is 2. The van der Waals surface area contributed by atoms with E-state index in [1.54, 1.807) is 6.92 Å². The molecule has 1 aliphatic carbocycles. The van der Waals surface area contributed by atoms with Gasteiger partial charge in [0.25, 0.3) is 0 Å². The Balaban J connectivity index is 2.21. The minimum Gasteiger partial charge on any atom is -0.462 e. The van der Waals surface area contributed by atoms with E-state index in [0.29, 0.717) is 28.1 Å². The Bertz CT molecular complexity index is 527. The fourth-order valence-corrected chi connectivity index (χ4v) is 3.48. The van der Waals surface area contributed by atoms with Gasteiger partial charge in [-0.2, -0.15) is 5.26 Å². The second-order valence-electron chi connectivity index (χ2n) is 4.86. The molecule has 2 rings (SSSR count). The van der Waals surface area contributed by atoms with Crippen LogP contribution in [0.1, 0.15) is 54.3 Å². The summed E-state index contributed by atoms with van der Waals surface area (Å²) in [5.74, 6) is -0.455. The van der Waals surface area contributed by atoms with Gasteiger partial charge < -0.3 is 15.8 Å². The van der Waals surface area contributed by atoms with Crippen LogP contribution in [0.15, 0.2) is 0 Å². The Morgan fingerprint density at radius 2 is 2.20 bits per heavy atom. The van der Waals surface area contributed by atoms with Crippen LogP contribution in [0.4, 0.5) is 10.7 Å². The molecule has 0 saturated heterocycles. The number of hydrogen-bond acceptors (Lipinski definition) is 6. The quantitative estimate of drug-likeness (QED) is 0.833. The average molecular weight is 293 g/mol. The predicted molar refractivity (Wildman–Crippen MR) is 79.9 cm³/mol. The highest BCUT2D eigenvalue weighted by atomic mass is 32.1. The number of nitrogens with one attached hydrogen (secondary N) is 1. The molecule has 1 aliphatic rings. The van der Waals surface area contributed by atoms with E-state index in [-0.39, 0.29) is 5.69 Å². The zero-order chi connectivity index (χ0) is 14.5. The summed E-state index contributed by atoms with van der Waals surface area (Å²) < 4.78 is 4.97. The molecule has 0 bridgehead atoms. The molecule has 5 nitrogen and oxygen atoms in total. The lowest BCUT2D eigenvalue weighted by atomic mass is 9.95. The van der Waals surface area contributed by atoms with Crippen LogP contribution in [-0.2, 0) is 4.74 Å². The first-order valence-corrected chi connectivity index (χ1v) is 7.75. The van der Waals surface area contributed by atoms with E-state index in [1.807, 2.05) is 0 Å². The lowest BCUT2D eigenvalue weighted by Gasteiger charge is -2.23. The molecule has 0 radical (unpaired) electrons. The number of nitriles is 1. The highest BCUT2D eigenvalue weighted by Gasteiger charge is 2.24. The van der Waals surface area contributed by atoms with E-state index in [0.717, 1.165) is 12.8 Å². The number of rotatable bonds is 4. The van der Waals surface area contributed by atoms with E-state index in [9.17, 15) is 10.1 Å². The number of thiophene rings is 1. The van der Waals surface area contributed by atoms with Crippen molar-refractivity contribution in [2.75, 3.05) is 17.7 Å². The number of nitrogen functional groups attached to an aromatic ring is 1. The molecular formula is C14H19N3O2S. The summed E-state index contributed by atoms with van der Waals surface area (Å²) in [4.78, 5) is 12.1. The zero-order valence-electron chi connectivity index (χ0n) is 11.6. The molecule has 20 heavy (non-hydrogen) atoms. The minimum absolute atomic E-state index is 0.231. The average Bonchev–Trinajstić information content (AvgIpc) is 2.76. The number of nitrogens with zero attached hydrogens (tertiary/aromatic N) is 1. The highest BCUT2D eigenvalue weighted by molar-refractivity contribution is 7.18. The monoisotopic (exact) mass is 293 g/mol. The summed E-state index contributed by atoms with van der Waals surface area (Å²) in [6.07, 6.45) is 5.86. The SMILES string of the molecule is CCOC(=O)c1sc(NC2CCCCC2)c(C#N)c1N. The molecule has 6 heteroatoms. The van der Waals surface area contributed by atoms with Crippen LogP contribution in [0.3, 0.4) is 0 Å². The van der Waals surface area contributed by atoms with Gasteiger partial charge in [0.05, 0.1) is 12.3 Å². The second kappa shape index (κ2) is 6.62. The lowest BCUT2D eigenvalue weighted by molar-refractivity contribution is 0.0533. The fourth-order valence-electron chi connectivity index (χ4n) is 2.44. The molecule has 0 unspecified atom stereocenters. The van der Waals surface area contributed by atoms with Crippen molar-refractivity contribution >= 4 is 28.0 Å². The van der Waals surface area contributed by atoms with Gasteiger partial charge in [-0.1, -0.05) is 19.3 Å². The molecule has 0 atom stereocenters. The number of ether oxygens (including phenoxy) is 1. The molecule has 3 N–H and O–H groups in total. The fraction of sp³-hybridized carbons (Fsp3) is 0.571. The Hall–Kier alpha value is -1.74. The zero-order valence-corrected chi connectivity index (χ0v) is 12.4. The minimum atomic E-state index is -0.455. The maximum absolute atomic E-state index is 11.8. The number of esters is 1. The number of anilines is 2. The van der Waals surface area contributed by atoms with Gasteiger partial charge in [-0.25, -0.2) is 4.79 Å². The van der Waals surface area contributed by atoms with Crippen LogP contribution < -0.4 is 11.1 Å². The van der Waals surface area contributed by atoms with Gasteiger partial charge in [-0.05, 0) is 19.8 Å². The van der Waals surface area contributed by atoms with Crippen LogP contribution in [0.5, 0.6) is 0 Å². The molecule has 0 aliphatic heterocycles. The molecule has 0 spiro atoms. The van der Waals surface area contributed by atoms with E-state index >= 15 is 0 Å². The van der Waals surface area contributed by atoms with Gasteiger partial charge in [0.15, 0.2) is 0 Å². The predicted octanol–water partition coefficient (Wildman–Crippen LogP) is 3.12. The Morgan fingerprint density at radius 3 is 2.80 bits per heavy atom. The van der Waals surface area contributed by atoms with E-state index in [1.165, 1.54) is 30.6 Å². The Kier molecular flexibility index (Phi) is 4.85. The third-order valence-electron chi connectivity index (χ3n) is 3.46. The van der Waals surface area contributed by atoms with Crippen molar-refractivity contribution in [2.45, 2.75) is 45.1 Å². The standard InChI is InChI=1S/C14H19N3O2S/c1-2-19-14(18)12-11(16)10(8-15)13(20-12)17-9-6-4-3-5-7-9/h9,17H,2-7,16H2,1H3. The van der Waals surface area contributed by atoms with Crippen LogP contribution in [0.2, 0.25) is 0 Å². The second-order valence-corrected chi connectivity index (χ2v) is 5.88. The van der Waals surface area contributed by atoms with Crippen molar-refractivity contribution in [3.05, 3.63) is 10.4 Å². The molecule has 1 saturated carbocycles. The number of carbonyl (C=O) groups is 1. The molecule has 1 aromatic heterocycles. The van der Waals surface area contributed by atoms with E-state index < -0.39 is 5.97 Å². The summed E-state index contributed by atoms with van der Waals surface area (Å²) in [5.41, 5.74) is 6.49. The molecule has 1 heterocycles. The third-order valence-corrected chi connectivity index (χ3v) is 4.57. The molecule has 0 aromatic carbocycles. The lowest BCUT2D eigenvalue weighted by Crippen LogP contribution is -2.22. The summed E-state index contributed by atoms with van der Waals surface area (Å²) in [5, 5.41) is 13.3. The highest BCUT2D eigenvalue weighted by Crippen LogP contribution is 2.37. The smallest absolute Gasteiger partial charge is 0.350 e. The third kappa shape index (κ3) is 3.05. The Labute approximate surface area is 122 Å².